The molecule has 0 aliphatic heterocycles. The summed E-state index contributed by atoms with van der Waals surface area (Å²) in [6.07, 6.45) is 5.49. The fourth-order valence-electron chi connectivity index (χ4n) is 2.77. The molecule has 0 amide bonds. The zero-order valence-corrected chi connectivity index (χ0v) is 12.7. The van der Waals surface area contributed by atoms with Gasteiger partial charge in [0.1, 0.15) is 11.6 Å². The van der Waals surface area contributed by atoms with Crippen molar-refractivity contribution in [2.75, 3.05) is 12.4 Å². The Labute approximate surface area is 128 Å². The van der Waals surface area contributed by atoms with E-state index in [1.807, 2.05) is 7.05 Å². The molecule has 0 bridgehead atoms. The Balaban J connectivity index is 2.13. The van der Waals surface area contributed by atoms with Crippen LogP contribution in [0.2, 0.25) is 5.02 Å². The molecule has 1 aliphatic rings. The fraction of sp³-hybridized carbons (Fsp3) is 0.375. The molecular formula is C16H17ClFN3. The van der Waals surface area contributed by atoms with Crippen LogP contribution >= 0.6 is 11.6 Å². The third-order valence-corrected chi connectivity index (χ3v) is 4.15. The zero-order chi connectivity index (χ0) is 14.8. The van der Waals surface area contributed by atoms with Gasteiger partial charge in [-0.1, -0.05) is 18.0 Å². The lowest BCUT2D eigenvalue weighted by molar-refractivity contribution is 0.628. The third-order valence-electron chi connectivity index (χ3n) is 3.84. The minimum atomic E-state index is -0.354. The SMILES string of the molecule is CNc1nc(-c2ccc(F)cc2Cl)nc2c1CCCCC2. The Bertz CT molecular complexity index is 673. The van der Waals surface area contributed by atoms with E-state index in [0.717, 1.165) is 30.8 Å². The minimum absolute atomic E-state index is 0.339. The van der Waals surface area contributed by atoms with E-state index in [9.17, 15) is 4.39 Å². The monoisotopic (exact) mass is 305 g/mol. The number of halogens is 2. The number of aryl methyl sites for hydroxylation is 1. The second-order valence-corrected chi connectivity index (χ2v) is 5.66. The summed E-state index contributed by atoms with van der Waals surface area (Å²) in [7, 11) is 1.86. The third kappa shape index (κ3) is 2.86. The minimum Gasteiger partial charge on any atom is -0.373 e. The Morgan fingerprint density at radius 3 is 2.71 bits per heavy atom. The quantitative estimate of drug-likeness (QED) is 0.843. The highest BCUT2D eigenvalue weighted by molar-refractivity contribution is 6.33. The molecule has 0 saturated heterocycles. The van der Waals surface area contributed by atoms with Crippen molar-refractivity contribution in [1.29, 1.82) is 0 Å². The zero-order valence-electron chi connectivity index (χ0n) is 11.9. The molecule has 0 fully saturated rings. The molecule has 2 aromatic rings. The average molecular weight is 306 g/mol. The van der Waals surface area contributed by atoms with E-state index in [-0.39, 0.29) is 5.82 Å². The molecule has 1 N–H and O–H groups in total. The van der Waals surface area contributed by atoms with E-state index in [0.29, 0.717) is 16.4 Å². The lowest BCUT2D eigenvalue weighted by Crippen LogP contribution is -2.07. The van der Waals surface area contributed by atoms with Gasteiger partial charge in [-0.25, -0.2) is 14.4 Å². The standard InChI is InChI=1S/C16H17ClFN3/c1-19-15-12-5-3-2-4-6-14(12)20-16(21-15)11-8-7-10(18)9-13(11)17/h7-9H,2-6H2,1H3,(H,19,20,21). The molecule has 3 rings (SSSR count). The van der Waals surface area contributed by atoms with Crippen molar-refractivity contribution in [1.82, 2.24) is 9.97 Å². The lowest BCUT2D eigenvalue weighted by Gasteiger charge is -2.13. The van der Waals surface area contributed by atoms with Crippen LogP contribution in [0.3, 0.4) is 0 Å². The first-order chi connectivity index (χ1) is 10.2. The molecular weight excluding hydrogens is 289 g/mol. The van der Waals surface area contributed by atoms with E-state index >= 15 is 0 Å². The highest BCUT2D eigenvalue weighted by atomic mass is 35.5. The van der Waals surface area contributed by atoms with Gasteiger partial charge in [0.2, 0.25) is 0 Å². The normalized spacial score (nSPS) is 14.4. The van der Waals surface area contributed by atoms with E-state index in [1.165, 1.54) is 30.5 Å². The highest BCUT2D eigenvalue weighted by Gasteiger charge is 2.18. The van der Waals surface area contributed by atoms with Crippen LogP contribution in [-0.4, -0.2) is 17.0 Å². The molecule has 1 aromatic heterocycles. The van der Waals surface area contributed by atoms with Gasteiger partial charge in [0.15, 0.2) is 5.82 Å². The maximum atomic E-state index is 13.2. The van der Waals surface area contributed by atoms with Gasteiger partial charge in [0.25, 0.3) is 0 Å². The molecule has 0 unspecified atom stereocenters. The average Bonchev–Trinajstić information content (AvgIpc) is 2.71. The first-order valence-electron chi connectivity index (χ1n) is 7.22. The number of nitrogens with zero attached hydrogens (tertiary/aromatic N) is 2. The maximum absolute atomic E-state index is 13.2. The second kappa shape index (κ2) is 5.98. The number of hydrogen-bond donors (Lipinski definition) is 1. The summed E-state index contributed by atoms with van der Waals surface area (Å²) in [5.74, 6) is 1.06. The molecule has 5 heteroatoms. The van der Waals surface area contributed by atoms with Crippen LogP contribution in [0.5, 0.6) is 0 Å². The largest absolute Gasteiger partial charge is 0.373 e. The van der Waals surface area contributed by atoms with E-state index in [1.54, 1.807) is 6.07 Å². The van der Waals surface area contributed by atoms with Gasteiger partial charge in [-0.05, 0) is 43.9 Å². The molecule has 110 valence electrons. The molecule has 1 aliphatic carbocycles. The number of fused-ring (bicyclic) bond motifs is 1. The second-order valence-electron chi connectivity index (χ2n) is 5.26. The van der Waals surface area contributed by atoms with Crippen LogP contribution in [0, 0.1) is 5.82 Å². The van der Waals surface area contributed by atoms with Crippen molar-refractivity contribution >= 4 is 17.4 Å². The first kappa shape index (κ1) is 14.3. The number of nitrogens with one attached hydrogen (secondary N) is 1. The number of hydrogen-bond acceptors (Lipinski definition) is 3. The molecule has 1 aromatic carbocycles. The molecule has 0 radical (unpaired) electrons. The van der Waals surface area contributed by atoms with Crippen LogP contribution in [-0.2, 0) is 12.8 Å². The Kier molecular flexibility index (Phi) is 4.06. The van der Waals surface area contributed by atoms with Crippen molar-refractivity contribution in [2.45, 2.75) is 32.1 Å². The van der Waals surface area contributed by atoms with Crippen molar-refractivity contribution in [3.8, 4) is 11.4 Å². The molecule has 3 nitrogen and oxygen atoms in total. The van der Waals surface area contributed by atoms with Gasteiger partial charge in [-0.3, -0.25) is 0 Å². The topological polar surface area (TPSA) is 37.8 Å². The van der Waals surface area contributed by atoms with Gasteiger partial charge in [-0.2, -0.15) is 0 Å². The Morgan fingerprint density at radius 2 is 1.95 bits per heavy atom. The van der Waals surface area contributed by atoms with Crippen molar-refractivity contribution in [3.63, 3.8) is 0 Å². The number of anilines is 1. The van der Waals surface area contributed by atoms with Gasteiger partial charge in [-0.15, -0.1) is 0 Å². The van der Waals surface area contributed by atoms with Gasteiger partial charge < -0.3 is 5.32 Å². The van der Waals surface area contributed by atoms with Crippen molar-refractivity contribution < 1.29 is 4.39 Å². The van der Waals surface area contributed by atoms with Crippen LogP contribution in [0.4, 0.5) is 10.2 Å². The van der Waals surface area contributed by atoms with Gasteiger partial charge in [0, 0.05) is 23.9 Å². The maximum Gasteiger partial charge on any atom is 0.163 e. The summed E-state index contributed by atoms with van der Waals surface area (Å²) in [4.78, 5) is 9.26. The molecule has 0 saturated carbocycles. The van der Waals surface area contributed by atoms with Crippen LogP contribution < -0.4 is 5.32 Å². The Hall–Kier alpha value is -1.68. The summed E-state index contributed by atoms with van der Waals surface area (Å²) in [6, 6.07) is 4.32. The number of rotatable bonds is 2. The molecule has 0 atom stereocenters. The van der Waals surface area contributed by atoms with Crippen LogP contribution in [0.15, 0.2) is 18.2 Å². The predicted octanol–water partition coefficient (Wildman–Crippen LogP) is 4.25. The molecule has 1 heterocycles. The highest BCUT2D eigenvalue weighted by Crippen LogP contribution is 2.31. The fourth-order valence-corrected chi connectivity index (χ4v) is 3.02. The van der Waals surface area contributed by atoms with Gasteiger partial charge >= 0.3 is 0 Å². The summed E-state index contributed by atoms with van der Waals surface area (Å²) in [5, 5.41) is 3.49. The van der Waals surface area contributed by atoms with Gasteiger partial charge in [0.05, 0.1) is 5.02 Å². The summed E-state index contributed by atoms with van der Waals surface area (Å²) < 4.78 is 13.2. The van der Waals surface area contributed by atoms with Crippen molar-refractivity contribution in [3.05, 3.63) is 40.3 Å². The van der Waals surface area contributed by atoms with Crippen molar-refractivity contribution in [2.24, 2.45) is 0 Å². The van der Waals surface area contributed by atoms with E-state index < -0.39 is 0 Å². The smallest absolute Gasteiger partial charge is 0.163 e. The van der Waals surface area contributed by atoms with E-state index in [2.05, 4.69) is 15.3 Å². The molecule has 21 heavy (non-hydrogen) atoms. The van der Waals surface area contributed by atoms with Crippen LogP contribution in [0.25, 0.3) is 11.4 Å². The summed E-state index contributed by atoms with van der Waals surface area (Å²) in [6.45, 7) is 0. The number of aromatic nitrogens is 2. The predicted molar refractivity (Wildman–Crippen MR) is 83.2 cm³/mol. The molecule has 0 spiro atoms. The first-order valence-corrected chi connectivity index (χ1v) is 7.60. The lowest BCUT2D eigenvalue weighted by atomic mass is 10.1. The van der Waals surface area contributed by atoms with E-state index in [4.69, 9.17) is 11.6 Å². The summed E-state index contributed by atoms with van der Waals surface area (Å²) in [5.41, 5.74) is 2.96. The van der Waals surface area contributed by atoms with Crippen LogP contribution in [0.1, 0.15) is 30.5 Å². The number of benzene rings is 1. The Morgan fingerprint density at radius 1 is 1.14 bits per heavy atom. The summed E-state index contributed by atoms with van der Waals surface area (Å²) >= 11 is 6.13.